The van der Waals surface area contributed by atoms with Crippen molar-refractivity contribution in [3.63, 3.8) is 0 Å². The third kappa shape index (κ3) is 3.49. The molecule has 0 aliphatic heterocycles. The van der Waals surface area contributed by atoms with Crippen LogP contribution < -0.4 is 16.4 Å². The molecule has 7 heteroatoms. The lowest BCUT2D eigenvalue weighted by Gasteiger charge is -2.16. The van der Waals surface area contributed by atoms with Gasteiger partial charge in [-0.1, -0.05) is 0 Å². The number of nitrogen functional groups attached to an aromatic ring is 1. The van der Waals surface area contributed by atoms with Crippen LogP contribution >= 0.6 is 0 Å². The van der Waals surface area contributed by atoms with Gasteiger partial charge in [-0.15, -0.1) is 0 Å². The van der Waals surface area contributed by atoms with Crippen LogP contribution in [-0.4, -0.2) is 33.7 Å². The van der Waals surface area contributed by atoms with Gasteiger partial charge in [0.15, 0.2) is 0 Å². The number of hydrogen-bond acceptors (Lipinski definition) is 4. The number of hydrogen-bond donors (Lipinski definition) is 3. The predicted octanol–water partition coefficient (Wildman–Crippen LogP) is 0.437. The van der Waals surface area contributed by atoms with E-state index in [1.54, 1.807) is 13.8 Å². The summed E-state index contributed by atoms with van der Waals surface area (Å²) in [5, 5.41) is 9.56. The van der Waals surface area contributed by atoms with Gasteiger partial charge in [-0.2, -0.15) is 5.10 Å². The molecule has 7 nitrogen and oxygen atoms in total. The molecule has 0 aromatic carbocycles. The summed E-state index contributed by atoms with van der Waals surface area (Å²) in [5.74, 6) is -0.623. The Kier molecular flexibility index (Phi) is 5.12. The first-order valence-electron chi connectivity index (χ1n) is 6.72. The summed E-state index contributed by atoms with van der Waals surface area (Å²) < 4.78 is 1.53. The normalized spacial score (nSPS) is 12.3. The summed E-state index contributed by atoms with van der Waals surface area (Å²) >= 11 is 0. The van der Waals surface area contributed by atoms with E-state index in [9.17, 15) is 9.59 Å². The Morgan fingerprint density at radius 1 is 1.30 bits per heavy atom. The Bertz CT molecular complexity index is 507. The first-order valence-corrected chi connectivity index (χ1v) is 6.72. The van der Waals surface area contributed by atoms with Gasteiger partial charge in [0.25, 0.3) is 5.91 Å². The third-order valence-electron chi connectivity index (χ3n) is 2.86. The highest BCUT2D eigenvalue weighted by Crippen LogP contribution is 2.16. The van der Waals surface area contributed by atoms with Crippen molar-refractivity contribution in [1.29, 1.82) is 0 Å². The van der Waals surface area contributed by atoms with Crippen molar-refractivity contribution < 1.29 is 9.59 Å². The van der Waals surface area contributed by atoms with Gasteiger partial charge in [0.1, 0.15) is 11.7 Å². The number of nitrogens with one attached hydrogen (secondary N) is 2. The van der Waals surface area contributed by atoms with Crippen LogP contribution in [0.3, 0.4) is 0 Å². The number of carbonyl (C=O) groups excluding carboxylic acids is 2. The van der Waals surface area contributed by atoms with E-state index in [1.807, 2.05) is 20.8 Å². The van der Waals surface area contributed by atoms with Crippen LogP contribution in [0.2, 0.25) is 0 Å². The Morgan fingerprint density at radius 3 is 2.40 bits per heavy atom. The molecular formula is C13H23N5O2. The average Bonchev–Trinajstić information content (AvgIpc) is 2.64. The van der Waals surface area contributed by atoms with Crippen LogP contribution in [-0.2, 0) is 11.3 Å². The monoisotopic (exact) mass is 281 g/mol. The van der Waals surface area contributed by atoms with Crippen LogP contribution in [0.1, 0.15) is 43.9 Å². The summed E-state index contributed by atoms with van der Waals surface area (Å²) in [7, 11) is 0. The lowest BCUT2D eigenvalue weighted by Crippen LogP contribution is -2.47. The SMILES string of the molecule is CCn1nc(C)c(N)c1C(=O)NC(C)C(=O)NC(C)C. The van der Waals surface area contributed by atoms with Crippen molar-refractivity contribution in [2.75, 3.05) is 5.73 Å². The second-order valence-corrected chi connectivity index (χ2v) is 5.02. The fraction of sp³-hybridized carbons (Fsp3) is 0.615. The van der Waals surface area contributed by atoms with Crippen molar-refractivity contribution in [3.05, 3.63) is 11.4 Å². The van der Waals surface area contributed by atoms with Gasteiger partial charge in [-0.25, -0.2) is 0 Å². The Morgan fingerprint density at radius 2 is 1.90 bits per heavy atom. The van der Waals surface area contributed by atoms with Crippen LogP contribution in [0.4, 0.5) is 5.69 Å². The van der Waals surface area contributed by atoms with E-state index < -0.39 is 11.9 Å². The minimum absolute atomic E-state index is 0.0235. The second kappa shape index (κ2) is 6.40. The number of carbonyl (C=O) groups is 2. The number of nitrogens with two attached hydrogens (primary N) is 1. The fourth-order valence-electron chi connectivity index (χ4n) is 1.80. The zero-order chi connectivity index (χ0) is 15.4. The largest absolute Gasteiger partial charge is 0.395 e. The highest BCUT2D eigenvalue weighted by molar-refractivity contribution is 6.00. The maximum Gasteiger partial charge on any atom is 0.272 e. The lowest BCUT2D eigenvalue weighted by atomic mass is 10.2. The van der Waals surface area contributed by atoms with E-state index in [1.165, 1.54) is 4.68 Å². The van der Waals surface area contributed by atoms with Crippen LogP contribution in [0.25, 0.3) is 0 Å². The van der Waals surface area contributed by atoms with Gasteiger partial charge < -0.3 is 16.4 Å². The van der Waals surface area contributed by atoms with Gasteiger partial charge in [-0.05, 0) is 34.6 Å². The van der Waals surface area contributed by atoms with E-state index in [0.29, 0.717) is 23.6 Å². The summed E-state index contributed by atoms with van der Waals surface area (Å²) in [4.78, 5) is 24.0. The average molecular weight is 281 g/mol. The molecule has 0 aliphatic carbocycles. The smallest absolute Gasteiger partial charge is 0.272 e. The lowest BCUT2D eigenvalue weighted by molar-refractivity contribution is -0.123. The van der Waals surface area contributed by atoms with Gasteiger partial charge in [0.2, 0.25) is 5.91 Å². The van der Waals surface area contributed by atoms with Crippen molar-refractivity contribution in [1.82, 2.24) is 20.4 Å². The molecule has 0 saturated heterocycles. The molecule has 1 aromatic rings. The van der Waals surface area contributed by atoms with E-state index in [0.717, 1.165) is 0 Å². The zero-order valence-corrected chi connectivity index (χ0v) is 12.7. The van der Waals surface area contributed by atoms with Crippen LogP contribution in [0, 0.1) is 6.92 Å². The molecule has 0 saturated carbocycles. The van der Waals surface area contributed by atoms with Gasteiger partial charge in [0.05, 0.1) is 11.4 Å². The molecule has 112 valence electrons. The summed E-state index contributed by atoms with van der Waals surface area (Å²) in [6.07, 6.45) is 0. The fourth-order valence-corrected chi connectivity index (χ4v) is 1.80. The molecule has 0 fully saturated rings. The maximum absolute atomic E-state index is 12.2. The molecule has 0 radical (unpaired) electrons. The minimum Gasteiger partial charge on any atom is -0.395 e. The summed E-state index contributed by atoms with van der Waals surface area (Å²) in [6.45, 7) is 9.50. The number of aromatic nitrogens is 2. The number of aryl methyl sites for hydroxylation is 2. The first-order chi connectivity index (χ1) is 9.27. The standard InChI is InChI=1S/C13H23N5O2/c1-6-18-11(10(14)8(4)17-18)13(20)16-9(5)12(19)15-7(2)3/h7,9H,6,14H2,1-5H3,(H,15,19)(H,16,20). The predicted molar refractivity (Wildman–Crippen MR) is 77.3 cm³/mol. The van der Waals surface area contributed by atoms with E-state index in [2.05, 4.69) is 15.7 Å². The van der Waals surface area contributed by atoms with Crippen LogP contribution in [0.15, 0.2) is 0 Å². The molecule has 20 heavy (non-hydrogen) atoms. The Labute approximate surface area is 118 Å². The highest BCUT2D eigenvalue weighted by atomic mass is 16.2. The first kappa shape index (κ1) is 16.0. The molecule has 1 rings (SSSR count). The second-order valence-electron chi connectivity index (χ2n) is 5.02. The Balaban J connectivity index is 2.84. The quantitative estimate of drug-likeness (QED) is 0.728. The van der Waals surface area contributed by atoms with Crippen molar-refractivity contribution in [2.24, 2.45) is 0 Å². The molecule has 1 unspecified atom stereocenters. The van der Waals surface area contributed by atoms with Gasteiger partial charge in [0, 0.05) is 12.6 Å². The molecule has 0 aliphatic rings. The number of nitrogens with zero attached hydrogens (tertiary/aromatic N) is 2. The molecule has 0 spiro atoms. The van der Waals surface area contributed by atoms with Crippen molar-refractivity contribution in [3.8, 4) is 0 Å². The molecule has 1 aromatic heterocycles. The topological polar surface area (TPSA) is 102 Å². The third-order valence-corrected chi connectivity index (χ3v) is 2.86. The summed E-state index contributed by atoms with van der Waals surface area (Å²) in [6, 6.07) is -0.611. The molecule has 4 N–H and O–H groups in total. The van der Waals surface area contributed by atoms with E-state index in [4.69, 9.17) is 5.73 Å². The number of anilines is 1. The highest BCUT2D eigenvalue weighted by Gasteiger charge is 2.23. The van der Waals surface area contributed by atoms with Crippen molar-refractivity contribution in [2.45, 2.75) is 53.2 Å². The van der Waals surface area contributed by atoms with E-state index >= 15 is 0 Å². The summed E-state index contributed by atoms with van der Waals surface area (Å²) in [5.41, 5.74) is 7.12. The molecule has 2 amide bonds. The molecule has 0 bridgehead atoms. The molecule has 1 atom stereocenters. The van der Waals surface area contributed by atoms with Crippen molar-refractivity contribution >= 4 is 17.5 Å². The number of rotatable bonds is 5. The maximum atomic E-state index is 12.2. The van der Waals surface area contributed by atoms with E-state index in [-0.39, 0.29) is 11.9 Å². The van der Waals surface area contributed by atoms with Gasteiger partial charge in [-0.3, -0.25) is 14.3 Å². The Hall–Kier alpha value is -2.05. The zero-order valence-electron chi connectivity index (χ0n) is 12.7. The number of amides is 2. The van der Waals surface area contributed by atoms with Gasteiger partial charge >= 0.3 is 0 Å². The van der Waals surface area contributed by atoms with Crippen LogP contribution in [0.5, 0.6) is 0 Å². The molecule has 1 heterocycles. The molecular weight excluding hydrogens is 258 g/mol. The minimum atomic E-state index is -0.634.